The molecule has 0 aliphatic rings. The van der Waals surface area contributed by atoms with Gasteiger partial charge in [0, 0.05) is 31.7 Å². The van der Waals surface area contributed by atoms with Crippen LogP contribution < -0.4 is 0 Å². The molecule has 0 aliphatic carbocycles. The molecule has 41 heavy (non-hydrogen) atoms. The van der Waals surface area contributed by atoms with E-state index in [0.29, 0.717) is 11.5 Å². The van der Waals surface area contributed by atoms with Crippen LogP contribution in [0.4, 0.5) is 4.39 Å². The fourth-order valence-electron chi connectivity index (χ4n) is 4.90. The summed E-state index contributed by atoms with van der Waals surface area (Å²) in [5.74, 6) is 0.377. The number of hydrogen-bond acceptors (Lipinski definition) is 2. The van der Waals surface area contributed by atoms with Gasteiger partial charge in [0.1, 0.15) is 11.6 Å². The summed E-state index contributed by atoms with van der Waals surface area (Å²) < 4.78 is 13.7. The first-order valence-corrected chi connectivity index (χ1v) is 14.4. The molecular weight excluding hydrogens is 690 g/mol. The van der Waals surface area contributed by atoms with Gasteiger partial charge in [-0.2, -0.15) is 0 Å². The maximum absolute atomic E-state index is 13.7. The maximum atomic E-state index is 13.7. The topological polar surface area (TPSA) is 54.5 Å². The molecule has 1 heterocycles. The van der Waals surface area contributed by atoms with Crippen molar-refractivity contribution in [2.75, 3.05) is 0 Å². The fourth-order valence-corrected chi connectivity index (χ4v) is 4.90. The van der Waals surface area contributed by atoms with Gasteiger partial charge in [0.05, 0.1) is 11.5 Å². The van der Waals surface area contributed by atoms with Crippen LogP contribution in [0.5, 0.6) is 0 Å². The molecule has 0 saturated carbocycles. The molecule has 221 valence electrons. The Hall–Kier alpha value is -2.88. The molecule has 2 N–H and O–H groups in total. The van der Waals surface area contributed by atoms with Crippen LogP contribution in [0.2, 0.25) is 0 Å². The quantitative estimate of drug-likeness (QED) is 0.0645. The predicted octanol–water partition coefficient (Wildman–Crippen LogP) is 10.2. The van der Waals surface area contributed by atoms with Crippen LogP contribution in [0, 0.1) is 36.6 Å². The number of aliphatic hydroxyl groups excluding tert-OH is 1. The predicted molar refractivity (Wildman–Crippen MR) is 168 cm³/mol. The second kappa shape index (κ2) is 14.3. The van der Waals surface area contributed by atoms with E-state index in [4.69, 9.17) is 0 Å². The number of benzene rings is 3. The Kier molecular flexibility index (Phi) is 12.0. The first-order valence-electron chi connectivity index (χ1n) is 14.4. The third-order valence-corrected chi connectivity index (χ3v) is 8.76. The average Bonchev–Trinajstić information content (AvgIpc) is 2.95. The maximum Gasteiger partial charge on any atom is 0.325 e. The van der Waals surface area contributed by atoms with Crippen molar-refractivity contribution in [1.82, 2.24) is 4.98 Å². The Morgan fingerprint density at radius 3 is 2.07 bits per heavy atom. The molecule has 0 saturated heterocycles. The largest absolute Gasteiger partial charge is 0.511 e. The third-order valence-electron chi connectivity index (χ3n) is 8.76. The molecule has 0 bridgehead atoms. The zero-order valence-electron chi connectivity index (χ0n) is 25.7. The summed E-state index contributed by atoms with van der Waals surface area (Å²) in [4.78, 5) is 14.7. The van der Waals surface area contributed by atoms with Crippen molar-refractivity contribution in [1.29, 1.82) is 0 Å². The van der Waals surface area contributed by atoms with E-state index < -0.39 is 0 Å². The number of hydrogen-bond donors (Lipinski definition) is 1. The van der Waals surface area contributed by atoms with E-state index in [1.807, 2.05) is 39.0 Å². The molecule has 1 aromatic heterocycles. The zero-order valence-corrected chi connectivity index (χ0v) is 28.0. The summed E-state index contributed by atoms with van der Waals surface area (Å²) in [6.07, 6.45) is 6.83. The first kappa shape index (κ1) is 34.3. The van der Waals surface area contributed by atoms with Gasteiger partial charge < -0.3 is 10.1 Å². The van der Waals surface area contributed by atoms with Gasteiger partial charge in [0.2, 0.25) is 0 Å². The molecule has 1 radical (unpaired) electrons. The first-order chi connectivity index (χ1) is 18.9. The second-order valence-corrected chi connectivity index (χ2v) is 11.4. The number of pyridine rings is 1. The van der Waals surface area contributed by atoms with Gasteiger partial charge in [0.25, 0.3) is 0 Å². The SMILES string of the molecule is CCC(C)(CC)C(=[OH+])/C=C(\O)C(C)(CC)CC.Cc1[c-]c(-c2nccc3c2ccc2ccc(F)cc23)cc(C)c1.[Ir]. The van der Waals surface area contributed by atoms with E-state index in [1.165, 1.54) is 11.6 Å². The zero-order chi connectivity index (χ0) is 29.7. The monoisotopic (exact) mass is 734 g/mol. The van der Waals surface area contributed by atoms with Crippen LogP contribution >= 0.6 is 0 Å². The van der Waals surface area contributed by atoms with Crippen LogP contribution in [0.3, 0.4) is 0 Å². The molecule has 5 heteroatoms. The Morgan fingerprint density at radius 2 is 1.49 bits per heavy atom. The minimum absolute atomic E-state index is 0. The molecule has 4 aromatic rings. The number of rotatable bonds is 8. The van der Waals surface area contributed by atoms with Gasteiger partial charge in [-0.15, -0.1) is 34.9 Å². The Balaban J connectivity index is 0.000000296. The number of halogens is 1. The number of carbonyl (C=O) groups excluding carboxylic acids is 1. The van der Waals surface area contributed by atoms with Crippen LogP contribution in [0.1, 0.15) is 78.4 Å². The van der Waals surface area contributed by atoms with Crippen molar-refractivity contribution in [2.45, 2.75) is 81.1 Å². The standard InChI is InChI=1S/C21H15FN.C15H28O2.Ir/c1-13-9-14(2)11-16(10-13)21-19-6-4-15-3-5-17(22)12-20(15)18(19)7-8-23-21;1-7-14(5,8-2)12(16)11-13(17)15(6,9-3)10-4;/h3-10,12H,1-2H3;11,16H,7-10H2,1-6H3;/q-1;;/p+1/b;12-11-;. The second-order valence-electron chi connectivity index (χ2n) is 11.4. The number of fused-ring (bicyclic) bond motifs is 3. The van der Waals surface area contributed by atoms with Crippen molar-refractivity contribution in [3.05, 3.63) is 89.6 Å². The van der Waals surface area contributed by atoms with Gasteiger partial charge in [-0.25, -0.2) is 4.39 Å². The Labute approximate surface area is 258 Å². The van der Waals surface area contributed by atoms with Gasteiger partial charge in [0.15, 0.2) is 0 Å². The molecule has 0 fully saturated rings. The van der Waals surface area contributed by atoms with Gasteiger partial charge in [-0.3, -0.25) is 4.79 Å². The summed E-state index contributed by atoms with van der Waals surface area (Å²) >= 11 is 0. The van der Waals surface area contributed by atoms with Crippen molar-refractivity contribution in [3.63, 3.8) is 0 Å². The fraction of sp³-hybridized carbons (Fsp3) is 0.389. The van der Waals surface area contributed by atoms with E-state index >= 15 is 0 Å². The van der Waals surface area contributed by atoms with Crippen molar-refractivity contribution in [3.8, 4) is 11.3 Å². The number of aryl methyl sites for hydroxylation is 2. The normalized spacial score (nSPS) is 12.1. The smallest absolute Gasteiger partial charge is 0.325 e. The molecule has 3 nitrogen and oxygen atoms in total. The van der Waals surface area contributed by atoms with Gasteiger partial charge in [-0.05, 0) is 78.0 Å². The summed E-state index contributed by atoms with van der Waals surface area (Å²) in [5.41, 5.74) is 3.68. The molecule has 0 amide bonds. The van der Waals surface area contributed by atoms with Gasteiger partial charge in [-0.1, -0.05) is 66.7 Å². The molecule has 0 spiro atoms. The summed E-state index contributed by atoms with van der Waals surface area (Å²) in [6.45, 7) is 16.4. The number of aliphatic hydroxyl groups is 1. The van der Waals surface area contributed by atoms with Crippen LogP contribution in [-0.2, 0) is 20.1 Å². The molecule has 0 atom stereocenters. The summed E-state index contributed by atoms with van der Waals surface area (Å²) in [5, 5.41) is 14.1. The molecular formula is C36H44FIrNO2. The van der Waals surface area contributed by atoms with Gasteiger partial charge >= 0.3 is 5.78 Å². The number of nitrogens with zero attached hydrogens (tertiary/aromatic N) is 1. The average molecular weight is 734 g/mol. The van der Waals surface area contributed by atoms with E-state index in [0.717, 1.165) is 64.0 Å². The Morgan fingerprint density at radius 1 is 0.878 bits per heavy atom. The van der Waals surface area contributed by atoms with E-state index in [1.54, 1.807) is 18.3 Å². The van der Waals surface area contributed by atoms with Crippen molar-refractivity contribution in [2.24, 2.45) is 10.8 Å². The number of aromatic nitrogens is 1. The van der Waals surface area contributed by atoms with Crippen molar-refractivity contribution < 1.29 is 34.4 Å². The van der Waals surface area contributed by atoms with Crippen LogP contribution in [-0.4, -0.2) is 20.7 Å². The minimum atomic E-state index is -0.226. The van der Waals surface area contributed by atoms with E-state index in [2.05, 4.69) is 63.9 Å². The molecule has 3 aromatic carbocycles. The molecule has 4 rings (SSSR count). The van der Waals surface area contributed by atoms with Crippen LogP contribution in [0.25, 0.3) is 32.8 Å². The molecule has 0 aliphatic heterocycles. The summed E-state index contributed by atoms with van der Waals surface area (Å²) in [7, 11) is 0. The number of allylic oxidation sites excluding steroid dienone is 2. The third kappa shape index (κ3) is 7.70. The van der Waals surface area contributed by atoms with E-state index in [-0.39, 0.29) is 36.8 Å². The minimum Gasteiger partial charge on any atom is -0.511 e. The van der Waals surface area contributed by atoms with Crippen molar-refractivity contribution >= 4 is 27.3 Å². The molecule has 0 unspecified atom stereocenters. The number of ketones is 1. The van der Waals surface area contributed by atoms with Crippen LogP contribution in [0.15, 0.2) is 66.6 Å². The Bertz CT molecular complexity index is 1510. The summed E-state index contributed by atoms with van der Waals surface area (Å²) in [6, 6.07) is 18.5. The van der Waals surface area contributed by atoms with E-state index in [9.17, 15) is 14.3 Å².